The van der Waals surface area contributed by atoms with Gasteiger partial charge >= 0.3 is 0 Å². The van der Waals surface area contributed by atoms with E-state index < -0.39 is 0 Å². The molecule has 0 amide bonds. The summed E-state index contributed by atoms with van der Waals surface area (Å²) in [6.45, 7) is 0. The van der Waals surface area contributed by atoms with Gasteiger partial charge in [-0.05, 0) is 55.8 Å². The summed E-state index contributed by atoms with van der Waals surface area (Å²) in [5, 5.41) is 0. The van der Waals surface area contributed by atoms with Crippen LogP contribution in [0, 0.1) is 16.6 Å². The van der Waals surface area contributed by atoms with Crippen molar-refractivity contribution in [2.24, 2.45) is 11.8 Å². The highest BCUT2D eigenvalue weighted by molar-refractivity contribution is 7.71. The highest BCUT2D eigenvalue weighted by Crippen LogP contribution is 2.52. The molecule has 0 saturated heterocycles. The van der Waals surface area contributed by atoms with E-state index in [1.807, 2.05) is 12.4 Å². The molecule has 4 rings (SSSR count). The average Bonchev–Trinajstić information content (AvgIpc) is 3.21. The minimum absolute atomic E-state index is 0.638. The molecule has 2 aliphatic carbocycles. The van der Waals surface area contributed by atoms with E-state index in [2.05, 4.69) is 20.6 Å². The van der Waals surface area contributed by atoms with Crippen LogP contribution in [-0.4, -0.2) is 14.5 Å². The van der Waals surface area contributed by atoms with Crippen LogP contribution in [0.2, 0.25) is 0 Å². The largest absolute Gasteiger partial charge is 0.329 e. The Kier molecular flexibility index (Phi) is 1.98. The van der Waals surface area contributed by atoms with Gasteiger partial charge in [-0.3, -0.25) is 4.98 Å². The number of aromatic amines is 1. The lowest BCUT2D eigenvalue weighted by atomic mass is 10.1. The Balaban J connectivity index is 1.93. The monoisotopic (exact) mass is 245 g/mol. The lowest BCUT2D eigenvalue weighted by molar-refractivity contribution is 0.400. The second-order valence-corrected chi connectivity index (χ2v) is 5.75. The summed E-state index contributed by atoms with van der Waals surface area (Å²) in [6.07, 6.45) is 9.24. The van der Waals surface area contributed by atoms with E-state index in [0.717, 1.165) is 22.1 Å². The van der Waals surface area contributed by atoms with Crippen LogP contribution in [0.5, 0.6) is 0 Å². The molecule has 0 unspecified atom stereocenters. The summed E-state index contributed by atoms with van der Waals surface area (Å²) in [5.74, 6) is 1.72. The molecular formula is C13H15N3S. The molecule has 2 saturated carbocycles. The van der Waals surface area contributed by atoms with Crippen LogP contribution in [0.15, 0.2) is 18.5 Å². The predicted octanol–water partition coefficient (Wildman–Crippen LogP) is 3.45. The Labute approximate surface area is 105 Å². The zero-order valence-corrected chi connectivity index (χ0v) is 10.4. The maximum atomic E-state index is 5.50. The maximum Gasteiger partial charge on any atom is 0.178 e. The first-order valence-electron chi connectivity index (χ1n) is 6.39. The van der Waals surface area contributed by atoms with Gasteiger partial charge in [-0.15, -0.1) is 0 Å². The van der Waals surface area contributed by atoms with Gasteiger partial charge in [-0.2, -0.15) is 0 Å². The fourth-order valence-electron chi connectivity index (χ4n) is 2.96. The van der Waals surface area contributed by atoms with Gasteiger partial charge in [0.2, 0.25) is 0 Å². The van der Waals surface area contributed by atoms with Crippen molar-refractivity contribution in [3.05, 3.63) is 23.2 Å². The Bertz CT molecular complexity index is 607. The molecule has 88 valence electrons. The molecule has 0 aromatic carbocycles. The second kappa shape index (κ2) is 3.42. The first-order chi connectivity index (χ1) is 8.34. The smallest absolute Gasteiger partial charge is 0.178 e. The number of nitrogens with zero attached hydrogens (tertiary/aromatic N) is 2. The van der Waals surface area contributed by atoms with E-state index in [-0.39, 0.29) is 0 Å². The van der Waals surface area contributed by atoms with Crippen molar-refractivity contribution in [3.63, 3.8) is 0 Å². The first kappa shape index (κ1) is 9.83. The fraction of sp³-hybridized carbons (Fsp3) is 0.538. The summed E-state index contributed by atoms with van der Waals surface area (Å²) in [5.41, 5.74) is 2.30. The van der Waals surface area contributed by atoms with Crippen LogP contribution in [-0.2, 0) is 0 Å². The van der Waals surface area contributed by atoms with Crippen molar-refractivity contribution in [3.8, 4) is 0 Å². The molecule has 2 aliphatic rings. The van der Waals surface area contributed by atoms with Crippen molar-refractivity contribution in [1.82, 2.24) is 14.5 Å². The van der Waals surface area contributed by atoms with Gasteiger partial charge in [0.1, 0.15) is 0 Å². The SMILES string of the molecule is S=c1[nH]c2cnccc2n1C(C1CC1)C1CC1. The van der Waals surface area contributed by atoms with E-state index in [0.29, 0.717) is 6.04 Å². The number of H-pyrrole nitrogens is 1. The molecule has 1 N–H and O–H groups in total. The highest BCUT2D eigenvalue weighted by Gasteiger charge is 2.43. The number of hydrogen-bond donors (Lipinski definition) is 1. The van der Waals surface area contributed by atoms with Crippen molar-refractivity contribution in [2.45, 2.75) is 31.7 Å². The summed E-state index contributed by atoms with van der Waals surface area (Å²) >= 11 is 5.50. The quantitative estimate of drug-likeness (QED) is 0.840. The first-order valence-corrected chi connectivity index (χ1v) is 6.79. The number of imidazole rings is 1. The third kappa shape index (κ3) is 1.54. The predicted molar refractivity (Wildman–Crippen MR) is 69.4 cm³/mol. The Morgan fingerprint density at radius 3 is 2.65 bits per heavy atom. The topological polar surface area (TPSA) is 33.6 Å². The molecule has 2 aromatic heterocycles. The third-order valence-electron chi connectivity index (χ3n) is 4.03. The normalized spacial score (nSPS) is 20.3. The summed E-state index contributed by atoms with van der Waals surface area (Å²) in [4.78, 5) is 7.44. The van der Waals surface area contributed by atoms with E-state index in [9.17, 15) is 0 Å². The van der Waals surface area contributed by atoms with Crippen LogP contribution >= 0.6 is 12.2 Å². The van der Waals surface area contributed by atoms with Crippen molar-refractivity contribution in [1.29, 1.82) is 0 Å². The van der Waals surface area contributed by atoms with Gasteiger partial charge in [0.15, 0.2) is 4.77 Å². The third-order valence-corrected chi connectivity index (χ3v) is 4.32. The van der Waals surface area contributed by atoms with E-state index in [4.69, 9.17) is 12.2 Å². The Morgan fingerprint density at radius 1 is 1.29 bits per heavy atom. The van der Waals surface area contributed by atoms with Gasteiger partial charge in [-0.25, -0.2) is 0 Å². The standard InChI is InChI=1S/C13H15N3S/c17-13-15-10-7-14-6-5-11(10)16(13)12(8-1-2-8)9-3-4-9/h5-9,12H,1-4H2,(H,15,17). The van der Waals surface area contributed by atoms with Gasteiger partial charge in [0.25, 0.3) is 0 Å². The van der Waals surface area contributed by atoms with Crippen LogP contribution in [0.25, 0.3) is 11.0 Å². The second-order valence-electron chi connectivity index (χ2n) is 5.36. The molecule has 0 radical (unpaired) electrons. The Morgan fingerprint density at radius 2 is 2.00 bits per heavy atom. The van der Waals surface area contributed by atoms with Crippen molar-refractivity contribution in [2.75, 3.05) is 0 Å². The van der Waals surface area contributed by atoms with E-state index in [1.165, 1.54) is 31.2 Å². The molecule has 17 heavy (non-hydrogen) atoms. The summed E-state index contributed by atoms with van der Waals surface area (Å²) < 4.78 is 3.23. The number of hydrogen-bond acceptors (Lipinski definition) is 2. The number of fused-ring (bicyclic) bond motifs is 1. The molecule has 2 fully saturated rings. The lowest BCUT2D eigenvalue weighted by Gasteiger charge is -2.18. The van der Waals surface area contributed by atoms with Crippen LogP contribution in [0.4, 0.5) is 0 Å². The molecule has 0 bridgehead atoms. The molecule has 3 nitrogen and oxygen atoms in total. The number of rotatable bonds is 3. The molecule has 0 spiro atoms. The van der Waals surface area contributed by atoms with Gasteiger partial charge in [0.05, 0.1) is 17.2 Å². The minimum atomic E-state index is 0.638. The van der Waals surface area contributed by atoms with Crippen LogP contribution in [0.3, 0.4) is 0 Å². The summed E-state index contributed by atoms with van der Waals surface area (Å²) in [6, 6.07) is 2.72. The molecular weight excluding hydrogens is 230 g/mol. The van der Waals surface area contributed by atoms with E-state index >= 15 is 0 Å². The summed E-state index contributed by atoms with van der Waals surface area (Å²) in [7, 11) is 0. The number of pyridine rings is 1. The van der Waals surface area contributed by atoms with Gasteiger partial charge < -0.3 is 9.55 Å². The molecule has 0 aliphatic heterocycles. The highest BCUT2D eigenvalue weighted by atomic mass is 32.1. The van der Waals surface area contributed by atoms with Crippen LogP contribution < -0.4 is 0 Å². The zero-order valence-electron chi connectivity index (χ0n) is 9.60. The van der Waals surface area contributed by atoms with Gasteiger partial charge in [-0.1, -0.05) is 0 Å². The minimum Gasteiger partial charge on any atom is -0.329 e. The van der Waals surface area contributed by atoms with Crippen molar-refractivity contribution >= 4 is 23.3 Å². The Hall–Kier alpha value is -1.16. The molecule has 2 aromatic rings. The van der Waals surface area contributed by atoms with Gasteiger partial charge in [0, 0.05) is 12.2 Å². The average molecular weight is 245 g/mol. The van der Waals surface area contributed by atoms with Crippen molar-refractivity contribution < 1.29 is 0 Å². The number of aromatic nitrogens is 3. The van der Waals surface area contributed by atoms with Crippen LogP contribution in [0.1, 0.15) is 31.7 Å². The fourth-order valence-corrected chi connectivity index (χ4v) is 3.29. The molecule has 2 heterocycles. The number of nitrogens with one attached hydrogen (secondary N) is 1. The zero-order chi connectivity index (χ0) is 11.4. The van der Waals surface area contributed by atoms with E-state index in [1.54, 1.807) is 0 Å². The molecule has 0 atom stereocenters. The molecule has 4 heteroatoms. The lowest BCUT2D eigenvalue weighted by Crippen LogP contribution is -2.13. The maximum absolute atomic E-state index is 5.50.